The second-order valence-electron chi connectivity index (χ2n) is 7.50. The van der Waals surface area contributed by atoms with Crippen LogP contribution in [0, 0.1) is 45.9 Å². The van der Waals surface area contributed by atoms with Crippen LogP contribution >= 0.6 is 0 Å². The lowest BCUT2D eigenvalue weighted by Gasteiger charge is -2.19. The molecule has 0 bridgehead atoms. The van der Waals surface area contributed by atoms with Crippen molar-refractivity contribution < 1.29 is 22.7 Å². The normalized spacial score (nSPS) is 11.0. The standard InChI is InChI=1S/C23H27N3O5S/c1-14-15(2)17(4)23(18(5)16(14)3)32(29,30)25-10-9-22(28)31-13-21(27)26-20-8-6-7-19(11-20)12-24/h6-8,11,25H,9-10,13H2,1-5H3,(H,26,27). The van der Waals surface area contributed by atoms with Gasteiger partial charge in [-0.2, -0.15) is 5.26 Å². The minimum absolute atomic E-state index is 0.155. The zero-order chi connectivity index (χ0) is 24.1. The van der Waals surface area contributed by atoms with Gasteiger partial charge in [-0.1, -0.05) is 6.07 Å². The van der Waals surface area contributed by atoms with Crippen molar-refractivity contribution in [3.63, 3.8) is 0 Å². The van der Waals surface area contributed by atoms with Crippen molar-refractivity contribution in [3.05, 3.63) is 57.6 Å². The molecular formula is C23H27N3O5S. The lowest BCUT2D eigenvalue weighted by molar-refractivity contribution is -0.147. The maximum absolute atomic E-state index is 12.8. The molecule has 0 aliphatic heterocycles. The van der Waals surface area contributed by atoms with E-state index in [0.29, 0.717) is 22.4 Å². The van der Waals surface area contributed by atoms with E-state index in [4.69, 9.17) is 10.00 Å². The van der Waals surface area contributed by atoms with Crippen LogP contribution in [0.15, 0.2) is 29.2 Å². The zero-order valence-corrected chi connectivity index (χ0v) is 19.6. The first-order chi connectivity index (χ1) is 15.0. The van der Waals surface area contributed by atoms with Crippen molar-refractivity contribution in [2.75, 3.05) is 18.5 Å². The van der Waals surface area contributed by atoms with Crippen LogP contribution in [-0.2, 0) is 24.3 Å². The molecular weight excluding hydrogens is 430 g/mol. The Morgan fingerprint density at radius 2 is 1.59 bits per heavy atom. The fraction of sp³-hybridized carbons (Fsp3) is 0.348. The topological polar surface area (TPSA) is 125 Å². The number of carbonyl (C=O) groups is 2. The number of nitrogens with one attached hydrogen (secondary N) is 2. The first-order valence-corrected chi connectivity index (χ1v) is 11.5. The van der Waals surface area contributed by atoms with Crippen LogP contribution in [0.5, 0.6) is 0 Å². The summed E-state index contributed by atoms with van der Waals surface area (Å²) in [5.41, 5.74) is 5.04. The van der Waals surface area contributed by atoms with Crippen molar-refractivity contribution >= 4 is 27.6 Å². The SMILES string of the molecule is Cc1c(C)c(C)c(S(=O)(=O)NCCC(=O)OCC(=O)Nc2cccc(C#N)c2)c(C)c1C. The Labute approximate surface area is 188 Å². The van der Waals surface area contributed by atoms with Gasteiger partial charge in [-0.3, -0.25) is 9.59 Å². The third kappa shape index (κ3) is 5.93. The number of hydrogen-bond acceptors (Lipinski definition) is 6. The molecule has 0 aromatic heterocycles. The number of ether oxygens (including phenoxy) is 1. The van der Waals surface area contributed by atoms with E-state index in [1.165, 1.54) is 6.07 Å². The second-order valence-corrected chi connectivity index (χ2v) is 9.21. The van der Waals surface area contributed by atoms with E-state index in [0.717, 1.165) is 16.7 Å². The number of rotatable bonds is 8. The Balaban J connectivity index is 1.90. The van der Waals surface area contributed by atoms with Crippen LogP contribution in [0.4, 0.5) is 5.69 Å². The molecule has 0 atom stereocenters. The van der Waals surface area contributed by atoms with Crippen LogP contribution in [-0.4, -0.2) is 33.4 Å². The Hall–Kier alpha value is -3.22. The Bertz CT molecular complexity index is 1170. The molecule has 0 spiro atoms. The molecule has 0 aliphatic carbocycles. The molecule has 8 nitrogen and oxygen atoms in total. The highest BCUT2D eigenvalue weighted by atomic mass is 32.2. The molecule has 2 aromatic carbocycles. The molecule has 0 fully saturated rings. The van der Waals surface area contributed by atoms with Crippen molar-refractivity contribution in [1.29, 1.82) is 5.26 Å². The molecule has 9 heteroatoms. The molecule has 0 radical (unpaired) electrons. The number of amides is 1. The highest BCUT2D eigenvalue weighted by molar-refractivity contribution is 7.89. The molecule has 2 aromatic rings. The second kappa shape index (κ2) is 10.4. The summed E-state index contributed by atoms with van der Waals surface area (Å²) in [6, 6.07) is 8.27. The van der Waals surface area contributed by atoms with Gasteiger partial charge in [0.15, 0.2) is 6.61 Å². The Morgan fingerprint density at radius 3 is 2.19 bits per heavy atom. The molecule has 0 saturated heterocycles. The number of nitriles is 1. The van der Waals surface area contributed by atoms with Crippen molar-refractivity contribution in [2.45, 2.75) is 45.9 Å². The van der Waals surface area contributed by atoms with E-state index in [1.807, 2.05) is 26.8 Å². The molecule has 32 heavy (non-hydrogen) atoms. The van der Waals surface area contributed by atoms with Gasteiger partial charge in [0.25, 0.3) is 5.91 Å². The highest BCUT2D eigenvalue weighted by Gasteiger charge is 2.23. The lowest BCUT2D eigenvalue weighted by Crippen LogP contribution is -2.29. The van der Waals surface area contributed by atoms with Gasteiger partial charge >= 0.3 is 5.97 Å². The van der Waals surface area contributed by atoms with Crippen molar-refractivity contribution in [3.8, 4) is 6.07 Å². The number of anilines is 1. The van der Waals surface area contributed by atoms with E-state index >= 15 is 0 Å². The summed E-state index contributed by atoms with van der Waals surface area (Å²) in [5, 5.41) is 11.4. The summed E-state index contributed by atoms with van der Waals surface area (Å²) >= 11 is 0. The van der Waals surface area contributed by atoms with Gasteiger partial charge in [-0.15, -0.1) is 0 Å². The fourth-order valence-electron chi connectivity index (χ4n) is 3.31. The number of hydrogen-bond donors (Lipinski definition) is 2. The molecule has 0 aliphatic rings. The summed E-state index contributed by atoms with van der Waals surface area (Å²) in [7, 11) is -3.82. The molecule has 0 saturated carbocycles. The fourth-order valence-corrected chi connectivity index (χ4v) is 4.94. The molecule has 0 unspecified atom stereocenters. The van der Waals surface area contributed by atoms with Gasteiger partial charge < -0.3 is 10.1 Å². The number of esters is 1. The first kappa shape index (κ1) is 25.0. The minimum atomic E-state index is -3.82. The third-order valence-electron chi connectivity index (χ3n) is 5.46. The summed E-state index contributed by atoms with van der Waals surface area (Å²) in [6.45, 7) is 8.59. The Morgan fingerprint density at radius 1 is 1.00 bits per heavy atom. The smallest absolute Gasteiger partial charge is 0.307 e. The quantitative estimate of drug-likeness (QED) is 0.587. The average molecular weight is 458 g/mol. The summed E-state index contributed by atoms with van der Waals surface area (Å²) < 4.78 is 33.0. The van der Waals surface area contributed by atoms with E-state index in [-0.39, 0.29) is 17.9 Å². The van der Waals surface area contributed by atoms with Crippen LogP contribution < -0.4 is 10.0 Å². The maximum Gasteiger partial charge on any atom is 0.307 e. The predicted molar refractivity (Wildman–Crippen MR) is 121 cm³/mol. The highest BCUT2D eigenvalue weighted by Crippen LogP contribution is 2.29. The maximum atomic E-state index is 12.8. The van der Waals surface area contributed by atoms with Gasteiger partial charge in [0.1, 0.15) is 0 Å². The van der Waals surface area contributed by atoms with Crippen LogP contribution in [0.3, 0.4) is 0 Å². The molecule has 170 valence electrons. The van der Waals surface area contributed by atoms with Gasteiger partial charge in [0.05, 0.1) is 22.9 Å². The van der Waals surface area contributed by atoms with E-state index in [1.54, 1.807) is 32.0 Å². The van der Waals surface area contributed by atoms with Gasteiger partial charge in [0.2, 0.25) is 10.0 Å². The monoisotopic (exact) mass is 457 g/mol. The number of sulfonamides is 1. The summed E-state index contributed by atoms with van der Waals surface area (Å²) in [5.74, 6) is -1.27. The largest absolute Gasteiger partial charge is 0.456 e. The zero-order valence-electron chi connectivity index (χ0n) is 18.8. The van der Waals surface area contributed by atoms with Crippen LogP contribution in [0.25, 0.3) is 0 Å². The number of benzene rings is 2. The lowest BCUT2D eigenvalue weighted by atomic mass is 9.95. The minimum Gasteiger partial charge on any atom is -0.456 e. The van der Waals surface area contributed by atoms with E-state index in [9.17, 15) is 18.0 Å². The predicted octanol–water partition coefficient (Wildman–Crippen LogP) is 2.95. The molecule has 0 heterocycles. The van der Waals surface area contributed by atoms with Crippen LogP contribution in [0.1, 0.15) is 39.8 Å². The first-order valence-electron chi connectivity index (χ1n) is 10.00. The molecule has 2 rings (SSSR count). The van der Waals surface area contributed by atoms with Gasteiger partial charge in [-0.05, 0) is 80.6 Å². The third-order valence-corrected chi connectivity index (χ3v) is 7.19. The van der Waals surface area contributed by atoms with E-state index < -0.39 is 28.5 Å². The van der Waals surface area contributed by atoms with E-state index in [2.05, 4.69) is 10.0 Å². The van der Waals surface area contributed by atoms with Gasteiger partial charge in [0, 0.05) is 12.2 Å². The average Bonchev–Trinajstić information content (AvgIpc) is 2.74. The molecule has 1 amide bonds. The number of nitrogens with zero attached hydrogens (tertiary/aromatic N) is 1. The van der Waals surface area contributed by atoms with Crippen molar-refractivity contribution in [1.82, 2.24) is 4.72 Å². The van der Waals surface area contributed by atoms with Crippen LogP contribution in [0.2, 0.25) is 0 Å². The Kier molecular flexibility index (Phi) is 8.14. The van der Waals surface area contributed by atoms with Gasteiger partial charge in [-0.25, -0.2) is 13.1 Å². The summed E-state index contributed by atoms with van der Waals surface area (Å²) in [4.78, 5) is 24.1. The summed E-state index contributed by atoms with van der Waals surface area (Å²) in [6.07, 6.45) is -0.224. The number of carbonyl (C=O) groups excluding carboxylic acids is 2. The molecule has 2 N–H and O–H groups in total. The van der Waals surface area contributed by atoms with Crippen molar-refractivity contribution in [2.24, 2.45) is 0 Å².